The van der Waals surface area contributed by atoms with Crippen LogP contribution in [0.3, 0.4) is 0 Å². The number of aryl methyl sites for hydroxylation is 2. The molecule has 5 rings (SSSR count). The van der Waals surface area contributed by atoms with Gasteiger partial charge < -0.3 is 10.1 Å². The molecule has 37 heavy (non-hydrogen) atoms. The first-order valence-electron chi connectivity index (χ1n) is 12.9. The zero-order valence-electron chi connectivity index (χ0n) is 21.0. The fourth-order valence-corrected chi connectivity index (χ4v) is 6.01. The molecule has 0 saturated carbocycles. The highest BCUT2D eigenvalue weighted by molar-refractivity contribution is 7.92. The topological polar surface area (TPSA) is 110 Å². The van der Waals surface area contributed by atoms with E-state index < -0.39 is 10.0 Å². The lowest BCUT2D eigenvalue weighted by atomic mass is 9.94. The van der Waals surface area contributed by atoms with Crippen LogP contribution in [0.4, 0.5) is 5.95 Å². The van der Waals surface area contributed by atoms with E-state index in [4.69, 9.17) is 4.74 Å². The number of amides is 1. The SMILES string of the molecule is Cc1cccc2c1-c1cc3nc(n1)NS(=O)(=O)c1cccc(c1)C(=O)N[C@H](CCCCCCCC2)CO3. The van der Waals surface area contributed by atoms with Gasteiger partial charge in [-0.2, -0.15) is 4.98 Å². The molecule has 0 spiro atoms. The van der Waals surface area contributed by atoms with Crippen LogP contribution in [0.15, 0.2) is 53.4 Å². The Morgan fingerprint density at radius 1 is 0.946 bits per heavy atom. The second-order valence-electron chi connectivity index (χ2n) is 9.80. The quantitative estimate of drug-likeness (QED) is 0.430. The Morgan fingerprint density at radius 3 is 2.59 bits per heavy atom. The van der Waals surface area contributed by atoms with Crippen LogP contribution < -0.4 is 14.8 Å². The molecule has 0 unspecified atom stereocenters. The molecule has 0 radical (unpaired) electrons. The van der Waals surface area contributed by atoms with Gasteiger partial charge in [-0.15, -0.1) is 0 Å². The fraction of sp³-hybridized carbons (Fsp3) is 0.393. The van der Waals surface area contributed by atoms with Crippen LogP contribution in [-0.4, -0.2) is 36.9 Å². The minimum atomic E-state index is -4.05. The van der Waals surface area contributed by atoms with Crippen molar-refractivity contribution in [2.75, 3.05) is 11.3 Å². The minimum Gasteiger partial charge on any atom is -0.475 e. The summed E-state index contributed by atoms with van der Waals surface area (Å²) in [4.78, 5) is 22.0. The molecule has 2 aliphatic rings. The number of hydrogen-bond donors (Lipinski definition) is 2. The van der Waals surface area contributed by atoms with E-state index in [0.717, 1.165) is 56.1 Å². The van der Waals surface area contributed by atoms with Crippen LogP contribution in [0.25, 0.3) is 11.3 Å². The second kappa shape index (κ2) is 10.9. The predicted octanol–water partition coefficient (Wildman–Crippen LogP) is 5.03. The van der Waals surface area contributed by atoms with Gasteiger partial charge in [0.05, 0.1) is 16.6 Å². The van der Waals surface area contributed by atoms with Crippen molar-refractivity contribution >= 4 is 21.9 Å². The molecule has 0 fully saturated rings. The standard InChI is InChI=1S/C28H32N4O4S/c1-19-10-8-12-20-11-6-4-2-3-5-7-14-22-18-36-25-17-24(26(19)20)30-28(31-25)32-37(34,35)23-15-9-13-21(16-23)27(33)29-22/h8-10,12-13,15-17,22H,2-7,11,14,18H2,1H3,(H,29,33)(H,30,31,32)/t22-/m1/s1. The Balaban J connectivity index is 1.66. The van der Waals surface area contributed by atoms with Crippen LogP contribution in [0, 0.1) is 6.92 Å². The number of nitrogens with one attached hydrogen (secondary N) is 2. The normalized spacial score (nSPS) is 19.9. The third kappa shape index (κ3) is 5.93. The molecule has 3 heterocycles. The van der Waals surface area contributed by atoms with E-state index in [-0.39, 0.29) is 40.8 Å². The minimum absolute atomic E-state index is 0.0325. The highest BCUT2D eigenvalue weighted by atomic mass is 32.2. The van der Waals surface area contributed by atoms with Crippen molar-refractivity contribution in [3.05, 3.63) is 65.2 Å². The van der Waals surface area contributed by atoms with Crippen LogP contribution in [0.2, 0.25) is 0 Å². The molecule has 0 saturated heterocycles. The monoisotopic (exact) mass is 520 g/mol. The molecular formula is C28H32N4O4S. The molecule has 8 nitrogen and oxygen atoms in total. The summed E-state index contributed by atoms with van der Waals surface area (Å²) in [5.41, 5.74) is 4.07. The van der Waals surface area contributed by atoms with Gasteiger partial charge >= 0.3 is 0 Å². The molecule has 2 aliphatic heterocycles. The Hall–Kier alpha value is -3.46. The lowest BCUT2D eigenvalue weighted by Gasteiger charge is -2.20. The maximum absolute atomic E-state index is 13.3. The van der Waals surface area contributed by atoms with E-state index in [2.05, 4.69) is 26.1 Å². The largest absolute Gasteiger partial charge is 0.475 e. The van der Waals surface area contributed by atoms with Gasteiger partial charge in [0.2, 0.25) is 11.8 Å². The number of nitrogens with zero attached hydrogens (tertiary/aromatic N) is 2. The molecule has 3 aromatic rings. The number of benzene rings is 2. The average Bonchev–Trinajstić information content (AvgIpc) is 2.87. The van der Waals surface area contributed by atoms with Crippen molar-refractivity contribution in [1.82, 2.24) is 15.3 Å². The highest BCUT2D eigenvalue weighted by Crippen LogP contribution is 2.31. The number of hydrogen-bond acceptors (Lipinski definition) is 6. The predicted molar refractivity (Wildman–Crippen MR) is 142 cm³/mol. The zero-order valence-corrected chi connectivity index (χ0v) is 21.8. The molecule has 1 atom stereocenters. The Kier molecular flexibility index (Phi) is 7.41. The van der Waals surface area contributed by atoms with Gasteiger partial charge in [0.1, 0.15) is 6.61 Å². The maximum Gasteiger partial charge on any atom is 0.264 e. The van der Waals surface area contributed by atoms with Crippen molar-refractivity contribution in [2.45, 2.75) is 69.2 Å². The number of fused-ring (bicyclic) bond motifs is 8. The smallest absolute Gasteiger partial charge is 0.264 e. The van der Waals surface area contributed by atoms with Crippen LogP contribution in [0.1, 0.15) is 66.4 Å². The number of rotatable bonds is 0. The summed E-state index contributed by atoms with van der Waals surface area (Å²) in [5, 5.41) is 3.04. The fourth-order valence-electron chi connectivity index (χ4n) is 5.02. The summed E-state index contributed by atoms with van der Waals surface area (Å²) < 4.78 is 35.1. The van der Waals surface area contributed by atoms with Gasteiger partial charge in [0.25, 0.3) is 15.9 Å². The number of ether oxygens (including phenoxy) is 1. The van der Waals surface area contributed by atoms with Crippen molar-refractivity contribution in [3.8, 4) is 17.1 Å². The maximum atomic E-state index is 13.3. The van der Waals surface area contributed by atoms with Gasteiger partial charge in [0, 0.05) is 17.2 Å². The molecule has 1 aromatic heterocycles. The summed E-state index contributed by atoms with van der Waals surface area (Å²) in [7, 11) is -4.05. The van der Waals surface area contributed by atoms with E-state index in [9.17, 15) is 13.2 Å². The van der Waals surface area contributed by atoms with E-state index in [1.165, 1.54) is 24.1 Å². The number of carbonyl (C=O) groups is 1. The molecule has 194 valence electrons. The van der Waals surface area contributed by atoms with Crippen molar-refractivity contribution < 1.29 is 17.9 Å². The van der Waals surface area contributed by atoms with E-state index >= 15 is 0 Å². The van der Waals surface area contributed by atoms with Crippen LogP contribution in [0.5, 0.6) is 5.88 Å². The summed E-state index contributed by atoms with van der Waals surface area (Å²) in [6, 6.07) is 13.7. The number of sulfonamides is 1. The van der Waals surface area contributed by atoms with Gasteiger partial charge in [-0.3, -0.25) is 4.79 Å². The molecule has 1 amide bonds. The summed E-state index contributed by atoms with van der Waals surface area (Å²) in [6.07, 6.45) is 8.26. The first-order valence-corrected chi connectivity index (χ1v) is 14.4. The number of anilines is 1. The molecule has 2 N–H and O–H groups in total. The van der Waals surface area contributed by atoms with Crippen LogP contribution in [-0.2, 0) is 16.4 Å². The molecule has 9 heteroatoms. The summed E-state index contributed by atoms with van der Waals surface area (Å²) in [6.45, 7) is 2.25. The van der Waals surface area contributed by atoms with Crippen molar-refractivity contribution in [3.63, 3.8) is 0 Å². The Morgan fingerprint density at radius 2 is 1.73 bits per heavy atom. The summed E-state index contributed by atoms with van der Waals surface area (Å²) >= 11 is 0. The lowest BCUT2D eigenvalue weighted by molar-refractivity contribution is 0.0916. The van der Waals surface area contributed by atoms with E-state index in [0.29, 0.717) is 5.69 Å². The molecule has 2 aromatic carbocycles. The third-order valence-electron chi connectivity index (χ3n) is 6.97. The van der Waals surface area contributed by atoms with Crippen molar-refractivity contribution in [1.29, 1.82) is 0 Å². The second-order valence-corrected chi connectivity index (χ2v) is 11.5. The van der Waals surface area contributed by atoms with Gasteiger partial charge in [-0.25, -0.2) is 18.1 Å². The van der Waals surface area contributed by atoms with Crippen molar-refractivity contribution in [2.24, 2.45) is 0 Å². The number of aromatic nitrogens is 2. The van der Waals surface area contributed by atoms with E-state index in [1.54, 1.807) is 18.2 Å². The number of carbonyl (C=O) groups excluding carboxylic acids is 1. The highest BCUT2D eigenvalue weighted by Gasteiger charge is 2.23. The first kappa shape index (κ1) is 25.2. The molecular weight excluding hydrogens is 488 g/mol. The lowest BCUT2D eigenvalue weighted by Crippen LogP contribution is -2.39. The van der Waals surface area contributed by atoms with Crippen LogP contribution >= 0.6 is 0 Å². The Bertz CT molecular complexity index is 1410. The average molecular weight is 521 g/mol. The van der Waals surface area contributed by atoms with Gasteiger partial charge in [-0.05, 0) is 55.5 Å². The zero-order chi connectivity index (χ0) is 25.8. The first-order chi connectivity index (χ1) is 17.9. The third-order valence-corrected chi connectivity index (χ3v) is 8.29. The van der Waals surface area contributed by atoms with Gasteiger partial charge in [-0.1, -0.05) is 56.4 Å². The Labute approximate surface area is 217 Å². The molecule has 0 aliphatic carbocycles. The van der Waals surface area contributed by atoms with E-state index in [1.807, 2.05) is 19.1 Å². The molecule has 6 bridgehead atoms. The summed E-state index contributed by atoms with van der Waals surface area (Å²) in [5.74, 6) is -0.139. The van der Waals surface area contributed by atoms with Gasteiger partial charge in [0.15, 0.2) is 0 Å².